The van der Waals surface area contributed by atoms with E-state index in [0.29, 0.717) is 6.04 Å². The third-order valence-electron chi connectivity index (χ3n) is 3.78. The fourth-order valence-electron chi connectivity index (χ4n) is 2.58. The first-order valence-electron chi connectivity index (χ1n) is 6.94. The van der Waals surface area contributed by atoms with Crippen LogP contribution < -0.4 is 10.1 Å². The van der Waals surface area contributed by atoms with Crippen LogP contribution >= 0.6 is 0 Å². The molecule has 2 aliphatic rings. The fraction of sp³-hybridized carbons (Fsp3) is 0.438. The lowest BCUT2D eigenvalue weighted by molar-refractivity contribution is -0.116. The Hall–Kier alpha value is -1.77. The fourth-order valence-corrected chi connectivity index (χ4v) is 2.58. The van der Waals surface area contributed by atoms with E-state index >= 15 is 0 Å². The Morgan fingerprint density at radius 3 is 2.95 bits per heavy atom. The molecule has 3 nitrogen and oxygen atoms in total. The summed E-state index contributed by atoms with van der Waals surface area (Å²) in [6.07, 6.45) is 7.19. The summed E-state index contributed by atoms with van der Waals surface area (Å²) in [5.41, 5.74) is 3.63. The number of fused-ring (bicyclic) bond motifs is 1. The molecule has 0 saturated heterocycles. The molecule has 1 saturated carbocycles. The summed E-state index contributed by atoms with van der Waals surface area (Å²) in [5, 5.41) is 3.01. The number of aryl methyl sites for hydroxylation is 1. The zero-order valence-corrected chi connectivity index (χ0v) is 11.2. The van der Waals surface area contributed by atoms with Gasteiger partial charge >= 0.3 is 0 Å². The molecule has 100 valence electrons. The Morgan fingerprint density at radius 1 is 1.37 bits per heavy atom. The molecular weight excluding hydrogens is 238 g/mol. The third-order valence-corrected chi connectivity index (χ3v) is 3.78. The molecule has 0 radical (unpaired) electrons. The Labute approximate surface area is 113 Å². The second-order valence-corrected chi connectivity index (χ2v) is 5.33. The first-order valence-corrected chi connectivity index (χ1v) is 6.94. The molecule has 1 amide bonds. The van der Waals surface area contributed by atoms with E-state index in [4.69, 9.17) is 4.74 Å². The van der Waals surface area contributed by atoms with E-state index in [0.717, 1.165) is 43.4 Å². The van der Waals surface area contributed by atoms with Crippen LogP contribution in [0.4, 0.5) is 0 Å². The van der Waals surface area contributed by atoms with Gasteiger partial charge in [0.05, 0.1) is 7.11 Å². The van der Waals surface area contributed by atoms with Crippen molar-refractivity contribution in [2.75, 3.05) is 7.11 Å². The molecule has 1 fully saturated rings. The van der Waals surface area contributed by atoms with E-state index in [1.165, 1.54) is 11.1 Å². The predicted molar refractivity (Wildman–Crippen MR) is 75.1 cm³/mol. The van der Waals surface area contributed by atoms with Crippen molar-refractivity contribution in [2.24, 2.45) is 0 Å². The van der Waals surface area contributed by atoms with Crippen molar-refractivity contribution >= 4 is 11.5 Å². The summed E-state index contributed by atoms with van der Waals surface area (Å²) in [5.74, 6) is 0.905. The highest BCUT2D eigenvalue weighted by Crippen LogP contribution is 2.33. The molecule has 2 aliphatic carbocycles. The number of benzene rings is 1. The average Bonchev–Trinajstić information content (AvgIpc) is 3.22. The van der Waals surface area contributed by atoms with Crippen molar-refractivity contribution in [2.45, 2.75) is 38.1 Å². The van der Waals surface area contributed by atoms with Crippen LogP contribution in [-0.2, 0) is 11.2 Å². The number of hydrogen-bond acceptors (Lipinski definition) is 2. The number of carbonyl (C=O) groups excluding carboxylic acids is 1. The number of allylic oxidation sites excluding steroid dienone is 1. The number of amides is 1. The minimum absolute atomic E-state index is 0.0492. The Morgan fingerprint density at radius 2 is 2.21 bits per heavy atom. The van der Waals surface area contributed by atoms with Crippen LogP contribution in [0.15, 0.2) is 24.3 Å². The first kappa shape index (κ1) is 12.3. The van der Waals surface area contributed by atoms with E-state index < -0.39 is 0 Å². The van der Waals surface area contributed by atoms with Gasteiger partial charge in [-0.1, -0.05) is 6.07 Å². The van der Waals surface area contributed by atoms with Gasteiger partial charge in [-0.2, -0.15) is 0 Å². The standard InChI is InChI=1S/C16H19NO2/c1-19-14-8-5-11-3-2-4-12(15(11)10-14)9-16(18)17-13-6-7-13/h5,8-10,13H,2-4,6-7H2,1H3,(H,17,18). The maximum Gasteiger partial charge on any atom is 0.244 e. The zero-order chi connectivity index (χ0) is 13.2. The Kier molecular flexibility index (Phi) is 3.28. The molecule has 1 aromatic rings. The van der Waals surface area contributed by atoms with Crippen LogP contribution in [0.1, 0.15) is 36.8 Å². The lowest BCUT2D eigenvalue weighted by Crippen LogP contribution is -2.23. The van der Waals surface area contributed by atoms with Crippen LogP contribution in [0.25, 0.3) is 5.57 Å². The number of ether oxygens (including phenoxy) is 1. The number of carbonyl (C=O) groups is 1. The predicted octanol–water partition coefficient (Wildman–Crippen LogP) is 2.69. The largest absolute Gasteiger partial charge is 0.497 e. The first-order chi connectivity index (χ1) is 9.26. The summed E-state index contributed by atoms with van der Waals surface area (Å²) < 4.78 is 5.28. The maximum absolute atomic E-state index is 11.9. The smallest absolute Gasteiger partial charge is 0.244 e. The minimum atomic E-state index is 0.0492. The summed E-state index contributed by atoms with van der Waals surface area (Å²) in [4.78, 5) is 11.9. The number of rotatable bonds is 3. The van der Waals surface area contributed by atoms with Gasteiger partial charge in [0.1, 0.15) is 5.75 Å². The second kappa shape index (κ2) is 5.08. The quantitative estimate of drug-likeness (QED) is 0.845. The van der Waals surface area contributed by atoms with Crippen LogP contribution in [0.5, 0.6) is 5.75 Å². The highest BCUT2D eigenvalue weighted by molar-refractivity contribution is 5.96. The van der Waals surface area contributed by atoms with Gasteiger partial charge in [-0.05, 0) is 60.9 Å². The summed E-state index contributed by atoms with van der Waals surface area (Å²) >= 11 is 0. The molecule has 1 aromatic carbocycles. The molecular formula is C16H19NO2. The summed E-state index contributed by atoms with van der Waals surface area (Å²) in [6, 6.07) is 6.56. The molecule has 3 heteroatoms. The summed E-state index contributed by atoms with van der Waals surface area (Å²) in [6.45, 7) is 0. The average molecular weight is 257 g/mol. The number of hydrogen-bond donors (Lipinski definition) is 1. The van der Waals surface area contributed by atoms with Crippen LogP contribution in [0, 0.1) is 0 Å². The van der Waals surface area contributed by atoms with Crippen LogP contribution in [0.2, 0.25) is 0 Å². The van der Waals surface area contributed by atoms with E-state index in [1.54, 1.807) is 13.2 Å². The highest BCUT2D eigenvalue weighted by Gasteiger charge is 2.23. The third kappa shape index (κ3) is 2.80. The molecule has 0 atom stereocenters. The maximum atomic E-state index is 11.9. The molecule has 0 aliphatic heterocycles. The van der Waals surface area contributed by atoms with Crippen molar-refractivity contribution < 1.29 is 9.53 Å². The van der Waals surface area contributed by atoms with Gasteiger partial charge in [0.2, 0.25) is 5.91 Å². The monoisotopic (exact) mass is 257 g/mol. The van der Waals surface area contributed by atoms with E-state index in [1.807, 2.05) is 12.1 Å². The molecule has 3 rings (SSSR count). The van der Waals surface area contributed by atoms with Gasteiger partial charge in [0, 0.05) is 12.1 Å². The van der Waals surface area contributed by atoms with Gasteiger partial charge in [0.25, 0.3) is 0 Å². The van der Waals surface area contributed by atoms with Crippen LogP contribution in [-0.4, -0.2) is 19.1 Å². The van der Waals surface area contributed by atoms with Crippen molar-refractivity contribution in [3.05, 3.63) is 35.4 Å². The lowest BCUT2D eigenvalue weighted by Gasteiger charge is -2.19. The number of methoxy groups -OCH3 is 1. The van der Waals surface area contributed by atoms with Gasteiger partial charge < -0.3 is 10.1 Å². The SMILES string of the molecule is COc1ccc2c(c1)C(=CC(=O)NC1CC1)CCC2. The topological polar surface area (TPSA) is 38.3 Å². The van der Waals surface area contributed by atoms with Gasteiger partial charge in [-0.3, -0.25) is 4.79 Å². The molecule has 0 bridgehead atoms. The number of nitrogens with one attached hydrogen (secondary N) is 1. The van der Waals surface area contributed by atoms with Gasteiger partial charge in [-0.15, -0.1) is 0 Å². The van der Waals surface area contributed by atoms with E-state index in [2.05, 4.69) is 11.4 Å². The Balaban J connectivity index is 1.87. The van der Waals surface area contributed by atoms with Gasteiger partial charge in [0.15, 0.2) is 0 Å². The van der Waals surface area contributed by atoms with E-state index in [9.17, 15) is 4.79 Å². The van der Waals surface area contributed by atoms with E-state index in [-0.39, 0.29) is 5.91 Å². The molecule has 1 N–H and O–H groups in total. The zero-order valence-electron chi connectivity index (χ0n) is 11.2. The molecule has 0 unspecified atom stereocenters. The minimum Gasteiger partial charge on any atom is -0.497 e. The van der Waals surface area contributed by atoms with Crippen molar-refractivity contribution in [3.63, 3.8) is 0 Å². The summed E-state index contributed by atoms with van der Waals surface area (Å²) in [7, 11) is 1.67. The van der Waals surface area contributed by atoms with Crippen molar-refractivity contribution in [3.8, 4) is 5.75 Å². The van der Waals surface area contributed by atoms with Crippen molar-refractivity contribution in [1.29, 1.82) is 0 Å². The van der Waals surface area contributed by atoms with Crippen molar-refractivity contribution in [1.82, 2.24) is 5.32 Å². The second-order valence-electron chi connectivity index (χ2n) is 5.33. The molecule has 0 aromatic heterocycles. The molecule has 0 spiro atoms. The highest BCUT2D eigenvalue weighted by atomic mass is 16.5. The Bertz CT molecular complexity index is 530. The molecule has 0 heterocycles. The molecule has 19 heavy (non-hydrogen) atoms. The lowest BCUT2D eigenvalue weighted by atomic mass is 9.87. The van der Waals surface area contributed by atoms with Crippen LogP contribution in [0.3, 0.4) is 0 Å². The van der Waals surface area contributed by atoms with Gasteiger partial charge in [-0.25, -0.2) is 0 Å². The normalized spacial score (nSPS) is 19.9.